The highest BCUT2D eigenvalue weighted by Crippen LogP contribution is 2.58. The SMILES string of the molecule is CC(C)(C)c1cc(N(c2cc(C3CCCCC3)cc(C3CCCCC3)c2)c2c3ccc(C(C)(C)C)cc3c(-c3c4cc(C(C)(C)C)ccc4c(N(c4cc(C5CCCCC5)cc(C5CCCCC5)c4)c4cc(C(C)(C)C)cc(C(C)(C)C)c4)c4cc(C(C)(C)C)ccc34)c3ccc(C(C)(C)C)cc23)cc(C(C)(C)C)c1. The van der Waals surface area contributed by atoms with Gasteiger partial charge in [-0.1, -0.05) is 316 Å². The first kappa shape index (κ1) is 79.5. The van der Waals surface area contributed by atoms with E-state index in [0.717, 1.165) is 0 Å². The lowest BCUT2D eigenvalue weighted by Crippen LogP contribution is -2.20. The highest BCUT2D eigenvalue weighted by atomic mass is 15.2. The van der Waals surface area contributed by atoms with E-state index in [-0.39, 0.29) is 43.3 Å². The molecule has 0 aromatic heterocycles. The van der Waals surface area contributed by atoms with E-state index >= 15 is 0 Å². The molecule has 4 saturated carbocycles. The molecule has 2 nitrogen and oxygen atoms in total. The Bertz CT molecular complexity index is 4600. The maximum atomic E-state index is 2.85. The molecule has 0 unspecified atom stereocenters. The molecule has 14 rings (SSSR count). The molecule has 4 aliphatic rings. The van der Waals surface area contributed by atoms with Gasteiger partial charge in [-0.3, -0.25) is 0 Å². The summed E-state index contributed by atoms with van der Waals surface area (Å²) in [5, 5.41) is 10.4. The normalized spacial score (nSPS) is 17.1. The van der Waals surface area contributed by atoms with Crippen molar-refractivity contribution in [2.75, 3.05) is 9.80 Å². The average Bonchev–Trinajstić information content (AvgIpc) is 0.698. The fourth-order valence-corrected chi connectivity index (χ4v) is 19.6. The Morgan fingerprint density at radius 2 is 0.400 bits per heavy atom. The summed E-state index contributed by atoms with van der Waals surface area (Å²) in [7, 11) is 0. The van der Waals surface area contributed by atoms with Crippen LogP contribution in [0.1, 0.15) is 385 Å². The Hall–Kier alpha value is -7.16. The molecule has 2 heteroatoms. The van der Waals surface area contributed by atoms with Crippen LogP contribution in [-0.4, -0.2) is 0 Å². The van der Waals surface area contributed by atoms with Gasteiger partial charge < -0.3 is 9.80 Å². The quantitative estimate of drug-likeness (QED) is 0.119. The van der Waals surface area contributed by atoms with Crippen molar-refractivity contribution in [1.29, 1.82) is 0 Å². The highest BCUT2D eigenvalue weighted by molar-refractivity contribution is 6.31. The predicted molar refractivity (Wildman–Crippen MR) is 484 cm³/mol. The molecule has 10 aromatic carbocycles. The van der Waals surface area contributed by atoms with Crippen LogP contribution in [-0.2, 0) is 43.3 Å². The van der Waals surface area contributed by atoms with Crippen LogP contribution in [0.4, 0.5) is 34.1 Å². The molecule has 0 aliphatic heterocycles. The third-order valence-corrected chi connectivity index (χ3v) is 26.9. The Labute approximate surface area is 667 Å². The van der Waals surface area contributed by atoms with Gasteiger partial charge in [-0.05, 0) is 291 Å². The zero-order chi connectivity index (χ0) is 78.7. The number of fused-ring (bicyclic) bond motifs is 4. The third kappa shape index (κ3) is 16.2. The van der Waals surface area contributed by atoms with E-state index in [4.69, 9.17) is 0 Å². The summed E-state index contributed by atoms with van der Waals surface area (Å²) in [4.78, 5) is 5.71. The predicted octanol–water partition coefficient (Wildman–Crippen LogP) is 33.5. The lowest BCUT2D eigenvalue weighted by molar-refractivity contribution is 0.435. The second kappa shape index (κ2) is 29.7. The largest absolute Gasteiger partial charge is 0.309 e. The molecule has 0 spiro atoms. The highest BCUT2D eigenvalue weighted by Gasteiger charge is 2.36. The zero-order valence-corrected chi connectivity index (χ0v) is 73.2. The van der Waals surface area contributed by atoms with E-state index in [1.165, 1.54) is 261 Å². The second-order valence-corrected chi connectivity index (χ2v) is 43.8. The van der Waals surface area contributed by atoms with Crippen molar-refractivity contribution in [2.24, 2.45) is 0 Å². The maximum Gasteiger partial charge on any atom is 0.0618 e. The van der Waals surface area contributed by atoms with Gasteiger partial charge in [0.05, 0.1) is 11.4 Å². The Kier molecular flexibility index (Phi) is 21.4. The van der Waals surface area contributed by atoms with Crippen LogP contribution in [0.15, 0.2) is 146 Å². The maximum absolute atomic E-state index is 2.85. The monoisotopic (exact) mass is 1470 g/mol. The standard InChI is InChI=1S/C108H140N2/c1-101(2,3)77-47-51-91-93(65-77)97(89-49-45-79(103(7,8)9)67-95(89)99(91)109(87-61-81(105(13,14)15)59-82(62-87)106(16,17)18)85-55-73(69-37-29-25-30-38-69)53-74(56-85)70-39-31-26-32-40-70)98-90-50-46-80(104(10,11)12)68-96(90)100(92-52-48-78(66-94(92)98)102(4,5)6)110(88-63-83(107(19,20)21)60-84(64-88)108(22,23)24)86-57-75(71-41-33-27-34-42-71)54-76(58-86)72-43-35-28-36-44-72/h45-72H,25-44H2,1-24H3. The van der Waals surface area contributed by atoms with Crippen LogP contribution in [0.25, 0.3) is 54.2 Å². The van der Waals surface area contributed by atoms with Crippen LogP contribution < -0.4 is 9.80 Å². The van der Waals surface area contributed by atoms with Crippen molar-refractivity contribution < 1.29 is 0 Å². The Morgan fingerprint density at radius 1 is 0.191 bits per heavy atom. The summed E-state index contributed by atoms with van der Waals surface area (Å²) >= 11 is 0. The van der Waals surface area contributed by atoms with E-state index < -0.39 is 0 Å². The number of hydrogen-bond acceptors (Lipinski definition) is 2. The number of rotatable bonds is 11. The van der Waals surface area contributed by atoms with Crippen molar-refractivity contribution >= 4 is 77.2 Å². The molecule has 0 saturated heterocycles. The van der Waals surface area contributed by atoms with Crippen LogP contribution in [0.5, 0.6) is 0 Å². The van der Waals surface area contributed by atoms with Gasteiger partial charge in [-0.2, -0.15) is 0 Å². The van der Waals surface area contributed by atoms with Gasteiger partial charge >= 0.3 is 0 Å². The number of hydrogen-bond donors (Lipinski definition) is 0. The number of nitrogens with zero attached hydrogens (tertiary/aromatic N) is 2. The van der Waals surface area contributed by atoms with Crippen LogP contribution in [0, 0.1) is 0 Å². The molecule has 10 aromatic rings. The van der Waals surface area contributed by atoms with Gasteiger partial charge in [0.2, 0.25) is 0 Å². The molecule has 0 radical (unpaired) electrons. The average molecular weight is 1470 g/mol. The molecule has 582 valence electrons. The fraction of sp³-hybridized carbons (Fsp3) is 0.519. The summed E-state index contributed by atoms with van der Waals surface area (Å²) in [6, 6.07) is 63.1. The Balaban J connectivity index is 1.21. The molecule has 4 aliphatic carbocycles. The molecular formula is C108H140N2. The van der Waals surface area contributed by atoms with E-state index in [0.29, 0.717) is 23.7 Å². The van der Waals surface area contributed by atoms with Crippen molar-refractivity contribution in [3.63, 3.8) is 0 Å². The van der Waals surface area contributed by atoms with Crippen molar-refractivity contribution in [3.05, 3.63) is 212 Å². The van der Waals surface area contributed by atoms with Gasteiger partial charge in [0.1, 0.15) is 0 Å². The summed E-state index contributed by atoms with van der Waals surface area (Å²) in [5.41, 5.74) is 26.4. The first-order valence-electron chi connectivity index (χ1n) is 43.9. The minimum Gasteiger partial charge on any atom is -0.309 e. The van der Waals surface area contributed by atoms with Gasteiger partial charge in [0.15, 0.2) is 0 Å². The molecule has 0 bridgehead atoms. The smallest absolute Gasteiger partial charge is 0.0618 e. The number of benzene rings is 10. The van der Waals surface area contributed by atoms with E-state index in [1.807, 2.05) is 0 Å². The summed E-state index contributed by atoms with van der Waals surface area (Å²) in [6.45, 7) is 58.4. The lowest BCUT2D eigenvalue weighted by Gasteiger charge is -2.36. The van der Waals surface area contributed by atoms with E-state index in [2.05, 4.69) is 322 Å². The van der Waals surface area contributed by atoms with Crippen molar-refractivity contribution in [1.82, 2.24) is 0 Å². The van der Waals surface area contributed by atoms with E-state index in [1.54, 1.807) is 22.3 Å². The van der Waals surface area contributed by atoms with Gasteiger partial charge in [0, 0.05) is 44.3 Å². The molecule has 0 amide bonds. The summed E-state index contributed by atoms with van der Waals surface area (Å²) in [5.74, 6) is 2.15. The molecule has 110 heavy (non-hydrogen) atoms. The molecule has 0 atom stereocenters. The van der Waals surface area contributed by atoms with Gasteiger partial charge in [-0.25, -0.2) is 0 Å². The topological polar surface area (TPSA) is 6.48 Å². The molecule has 0 heterocycles. The van der Waals surface area contributed by atoms with Crippen LogP contribution in [0.3, 0.4) is 0 Å². The number of anilines is 6. The van der Waals surface area contributed by atoms with Gasteiger partial charge in [0.25, 0.3) is 0 Å². The minimum absolute atomic E-state index is 0.114. The summed E-state index contributed by atoms with van der Waals surface area (Å²) in [6.07, 6.45) is 25.8. The molecular weight excluding hydrogens is 1330 g/mol. The zero-order valence-electron chi connectivity index (χ0n) is 73.2. The lowest BCUT2D eigenvalue weighted by atomic mass is 9.77. The Morgan fingerprint density at radius 3 is 0.627 bits per heavy atom. The minimum atomic E-state index is -0.159. The molecule has 4 fully saturated rings. The second-order valence-electron chi connectivity index (χ2n) is 43.8. The van der Waals surface area contributed by atoms with Crippen LogP contribution in [0.2, 0.25) is 0 Å². The third-order valence-electron chi connectivity index (χ3n) is 26.9. The van der Waals surface area contributed by atoms with Crippen molar-refractivity contribution in [3.8, 4) is 11.1 Å². The van der Waals surface area contributed by atoms with Crippen LogP contribution >= 0.6 is 0 Å². The summed E-state index contributed by atoms with van der Waals surface area (Å²) < 4.78 is 0. The van der Waals surface area contributed by atoms with E-state index in [9.17, 15) is 0 Å². The van der Waals surface area contributed by atoms with Gasteiger partial charge in [-0.15, -0.1) is 0 Å². The van der Waals surface area contributed by atoms with Crippen molar-refractivity contribution in [2.45, 2.75) is 362 Å². The first-order chi connectivity index (χ1) is 51.6. The first-order valence-corrected chi connectivity index (χ1v) is 43.9. The molecule has 0 N–H and O–H groups in total. The fourth-order valence-electron chi connectivity index (χ4n) is 19.6.